The highest BCUT2D eigenvalue weighted by Crippen LogP contribution is 2.37. The molecule has 1 aliphatic rings. The molecule has 1 atom stereocenters. The van der Waals surface area contributed by atoms with Crippen LogP contribution in [0.3, 0.4) is 0 Å². The number of benzene rings is 1. The molecule has 188 valence electrons. The van der Waals surface area contributed by atoms with Crippen molar-refractivity contribution < 1.29 is 14.3 Å². The molecular weight excluding hydrogens is 474 g/mol. The number of aromatic nitrogens is 2. The van der Waals surface area contributed by atoms with Gasteiger partial charge in [-0.3, -0.25) is 9.59 Å². The minimum absolute atomic E-state index is 0.00564. The van der Waals surface area contributed by atoms with Gasteiger partial charge in [-0.05, 0) is 56.4 Å². The van der Waals surface area contributed by atoms with Crippen LogP contribution in [0.5, 0.6) is 5.75 Å². The van der Waals surface area contributed by atoms with Gasteiger partial charge >= 0.3 is 0 Å². The van der Waals surface area contributed by atoms with E-state index in [-0.39, 0.29) is 30.7 Å². The van der Waals surface area contributed by atoms with E-state index in [4.69, 9.17) is 4.74 Å². The first kappa shape index (κ1) is 25.5. The van der Waals surface area contributed by atoms with Crippen LogP contribution in [-0.4, -0.2) is 39.4 Å². The van der Waals surface area contributed by atoms with Gasteiger partial charge in [-0.2, -0.15) is 5.26 Å². The van der Waals surface area contributed by atoms with Gasteiger partial charge in [-0.1, -0.05) is 19.1 Å². The van der Waals surface area contributed by atoms with Crippen molar-refractivity contribution in [2.24, 2.45) is 0 Å². The van der Waals surface area contributed by atoms with Gasteiger partial charge < -0.3 is 19.5 Å². The molecule has 2 amide bonds. The first-order valence-corrected chi connectivity index (χ1v) is 13.0. The molecule has 2 aromatic heterocycles. The molecule has 0 fully saturated rings. The predicted molar refractivity (Wildman–Crippen MR) is 139 cm³/mol. The highest BCUT2D eigenvalue weighted by molar-refractivity contribution is 7.16. The number of imidazole rings is 1. The minimum Gasteiger partial charge on any atom is -0.494 e. The zero-order chi connectivity index (χ0) is 25.8. The number of fused-ring (bicyclic) bond motifs is 1. The summed E-state index contributed by atoms with van der Waals surface area (Å²) in [5.74, 6) is 1.47. The van der Waals surface area contributed by atoms with Crippen molar-refractivity contribution in [3.8, 4) is 11.8 Å². The number of nitrogens with zero attached hydrogens (tertiary/aromatic N) is 4. The summed E-state index contributed by atoms with van der Waals surface area (Å²) in [4.78, 5) is 32.9. The second-order valence-corrected chi connectivity index (χ2v) is 10.2. The van der Waals surface area contributed by atoms with Gasteiger partial charge in [0.2, 0.25) is 11.8 Å². The Bertz CT molecular complexity index is 1320. The van der Waals surface area contributed by atoms with E-state index >= 15 is 0 Å². The molecule has 0 bridgehead atoms. The number of nitrogens with one attached hydrogen (secondary N) is 1. The molecule has 0 saturated heterocycles. The Morgan fingerprint density at radius 2 is 2.14 bits per heavy atom. The summed E-state index contributed by atoms with van der Waals surface area (Å²) in [5.41, 5.74) is 3.37. The summed E-state index contributed by atoms with van der Waals surface area (Å²) in [6.07, 6.45) is 2.76. The lowest BCUT2D eigenvalue weighted by Crippen LogP contribution is -2.37. The second kappa shape index (κ2) is 11.0. The van der Waals surface area contributed by atoms with Crippen LogP contribution in [0.15, 0.2) is 30.5 Å². The smallest absolute Gasteiger partial charge is 0.242 e. The average Bonchev–Trinajstić information content (AvgIpc) is 3.35. The Labute approximate surface area is 215 Å². The monoisotopic (exact) mass is 505 g/mol. The van der Waals surface area contributed by atoms with E-state index in [0.29, 0.717) is 36.7 Å². The Balaban J connectivity index is 1.42. The average molecular weight is 506 g/mol. The van der Waals surface area contributed by atoms with E-state index in [0.717, 1.165) is 33.3 Å². The first-order valence-electron chi connectivity index (χ1n) is 12.1. The molecule has 1 N–H and O–H groups in total. The molecule has 8 nitrogen and oxygen atoms in total. The van der Waals surface area contributed by atoms with Crippen LogP contribution in [0.2, 0.25) is 0 Å². The Morgan fingerprint density at radius 1 is 1.33 bits per heavy atom. The predicted octanol–water partition coefficient (Wildman–Crippen LogP) is 4.55. The zero-order valence-electron chi connectivity index (χ0n) is 21.1. The molecule has 0 spiro atoms. The van der Waals surface area contributed by atoms with E-state index in [9.17, 15) is 14.9 Å². The maximum absolute atomic E-state index is 12.9. The van der Waals surface area contributed by atoms with Crippen LogP contribution in [0.25, 0.3) is 0 Å². The van der Waals surface area contributed by atoms with Gasteiger partial charge in [0, 0.05) is 24.0 Å². The van der Waals surface area contributed by atoms with Crippen LogP contribution >= 0.6 is 11.3 Å². The third kappa shape index (κ3) is 5.60. The maximum Gasteiger partial charge on any atom is 0.242 e. The number of rotatable bonds is 8. The Hall–Kier alpha value is -3.64. The number of hydrogen-bond donors (Lipinski definition) is 1. The number of anilines is 1. The molecule has 1 aromatic carbocycles. The summed E-state index contributed by atoms with van der Waals surface area (Å²) >= 11 is 1.39. The summed E-state index contributed by atoms with van der Waals surface area (Å²) in [6, 6.07) is 10.1. The van der Waals surface area contributed by atoms with Crippen molar-refractivity contribution in [3.05, 3.63) is 63.5 Å². The number of aryl methyl sites for hydroxylation is 2. The van der Waals surface area contributed by atoms with E-state index in [1.807, 2.05) is 67.6 Å². The molecule has 0 radical (unpaired) electrons. The fourth-order valence-electron chi connectivity index (χ4n) is 4.55. The van der Waals surface area contributed by atoms with Crippen LogP contribution < -0.4 is 10.1 Å². The van der Waals surface area contributed by atoms with Crippen LogP contribution in [-0.2, 0) is 29.1 Å². The molecule has 0 saturated carbocycles. The standard InChI is InChI=1S/C27H31N5O3S/c1-5-35-21-8-6-7-20(12-21)17(2)11-25(33)30-27-23(13-28)22-9-10-31(15-24(22)36-27)26(34)16-32-14-18(3)29-19(32)4/h6-8,12,14,17H,5,9-11,15-16H2,1-4H3,(H,30,33). The molecule has 1 aliphatic heterocycles. The van der Waals surface area contributed by atoms with E-state index in [1.54, 1.807) is 0 Å². The number of ether oxygens (including phenoxy) is 1. The van der Waals surface area contributed by atoms with Crippen molar-refractivity contribution >= 4 is 28.2 Å². The van der Waals surface area contributed by atoms with Gasteiger partial charge in [0.1, 0.15) is 29.2 Å². The normalized spacial score (nSPS) is 13.6. The van der Waals surface area contributed by atoms with Crippen molar-refractivity contribution in [1.82, 2.24) is 14.5 Å². The lowest BCUT2D eigenvalue weighted by atomic mass is 9.97. The number of carbonyl (C=O) groups is 2. The summed E-state index contributed by atoms with van der Waals surface area (Å²) in [5, 5.41) is 13.4. The molecule has 3 aromatic rings. The van der Waals surface area contributed by atoms with Gasteiger partial charge in [-0.25, -0.2) is 4.98 Å². The third-order valence-corrected chi connectivity index (χ3v) is 7.54. The van der Waals surface area contributed by atoms with Crippen LogP contribution in [0.4, 0.5) is 5.00 Å². The van der Waals surface area contributed by atoms with E-state index in [2.05, 4.69) is 16.4 Å². The quantitative estimate of drug-likeness (QED) is 0.484. The fraction of sp³-hybridized carbons (Fsp3) is 0.407. The number of hydrogen-bond acceptors (Lipinski definition) is 6. The molecule has 9 heteroatoms. The molecule has 4 rings (SSSR count). The Kier molecular flexibility index (Phi) is 7.75. The van der Waals surface area contributed by atoms with Gasteiger partial charge in [-0.15, -0.1) is 11.3 Å². The van der Waals surface area contributed by atoms with Gasteiger partial charge in [0.25, 0.3) is 0 Å². The van der Waals surface area contributed by atoms with E-state index in [1.165, 1.54) is 11.3 Å². The summed E-state index contributed by atoms with van der Waals surface area (Å²) in [6.45, 7) is 9.55. The van der Waals surface area contributed by atoms with Crippen molar-refractivity contribution in [3.63, 3.8) is 0 Å². The lowest BCUT2D eigenvalue weighted by molar-refractivity contribution is -0.132. The summed E-state index contributed by atoms with van der Waals surface area (Å²) < 4.78 is 7.43. The largest absolute Gasteiger partial charge is 0.494 e. The Morgan fingerprint density at radius 3 is 2.83 bits per heavy atom. The molecule has 1 unspecified atom stereocenters. The van der Waals surface area contributed by atoms with Crippen molar-refractivity contribution in [1.29, 1.82) is 5.26 Å². The summed E-state index contributed by atoms with van der Waals surface area (Å²) in [7, 11) is 0. The van der Waals surface area contributed by atoms with Gasteiger partial charge in [0.05, 0.1) is 24.4 Å². The molecular formula is C27H31N5O3S. The topological polar surface area (TPSA) is 100 Å². The van der Waals surface area contributed by atoms with Crippen molar-refractivity contribution in [2.45, 2.75) is 59.5 Å². The molecule has 0 aliphatic carbocycles. The minimum atomic E-state index is -0.140. The SMILES string of the molecule is CCOc1cccc(C(C)CC(=O)Nc2sc3c(c2C#N)CCN(C(=O)Cn2cc(C)nc2C)C3)c1. The highest BCUT2D eigenvalue weighted by atomic mass is 32.1. The fourth-order valence-corrected chi connectivity index (χ4v) is 5.78. The number of carbonyl (C=O) groups excluding carboxylic acids is 2. The second-order valence-electron chi connectivity index (χ2n) is 9.10. The maximum atomic E-state index is 12.9. The number of nitriles is 1. The molecule has 3 heterocycles. The lowest BCUT2D eigenvalue weighted by Gasteiger charge is -2.27. The number of amides is 2. The third-order valence-electron chi connectivity index (χ3n) is 6.41. The van der Waals surface area contributed by atoms with E-state index < -0.39 is 0 Å². The molecule has 36 heavy (non-hydrogen) atoms. The first-order chi connectivity index (χ1) is 17.3. The van der Waals surface area contributed by atoms with Gasteiger partial charge in [0.15, 0.2) is 0 Å². The number of thiophene rings is 1. The van der Waals surface area contributed by atoms with Crippen LogP contribution in [0.1, 0.15) is 59.3 Å². The van der Waals surface area contributed by atoms with Crippen molar-refractivity contribution in [2.75, 3.05) is 18.5 Å². The zero-order valence-corrected chi connectivity index (χ0v) is 21.9. The highest BCUT2D eigenvalue weighted by Gasteiger charge is 2.28. The van der Waals surface area contributed by atoms with Crippen LogP contribution in [0, 0.1) is 25.2 Å².